The molecule has 1 aromatic rings. The molecule has 0 amide bonds. The van der Waals surface area contributed by atoms with E-state index in [1.807, 2.05) is 0 Å². The van der Waals surface area contributed by atoms with Crippen molar-refractivity contribution in [2.24, 2.45) is 0 Å². The van der Waals surface area contributed by atoms with Gasteiger partial charge in [-0.05, 0) is 34.8 Å². The maximum atomic E-state index is 5.74. The largest absolute Gasteiger partial charge is 0.397 e. The Morgan fingerprint density at radius 1 is 1.60 bits per heavy atom. The summed E-state index contributed by atoms with van der Waals surface area (Å²) in [5.74, 6) is 0. The molecule has 1 nitrogen and oxygen atoms in total. The summed E-state index contributed by atoms with van der Waals surface area (Å²) in [4.78, 5) is 1.38. The predicted molar refractivity (Wildman–Crippen MR) is 50.5 cm³/mol. The maximum Gasteiger partial charge on any atom is 0.0933 e. The van der Waals surface area contributed by atoms with Crippen molar-refractivity contribution in [3.63, 3.8) is 0 Å². The highest BCUT2D eigenvalue weighted by Crippen LogP contribution is 2.34. The van der Waals surface area contributed by atoms with Gasteiger partial charge in [0.2, 0.25) is 0 Å². The van der Waals surface area contributed by atoms with Crippen molar-refractivity contribution < 1.29 is 0 Å². The standard InChI is InChI=1S/C7H10BrNS/c1-3-5-4(2)6(9)7(8)10-5/h3,9H2,1-2H3. The highest BCUT2D eigenvalue weighted by Gasteiger charge is 2.07. The molecule has 0 unspecified atom stereocenters. The molecule has 0 spiro atoms. The van der Waals surface area contributed by atoms with E-state index >= 15 is 0 Å². The molecule has 0 radical (unpaired) electrons. The van der Waals surface area contributed by atoms with E-state index in [-0.39, 0.29) is 0 Å². The number of rotatable bonds is 1. The van der Waals surface area contributed by atoms with Gasteiger partial charge in [0, 0.05) is 4.88 Å². The van der Waals surface area contributed by atoms with Gasteiger partial charge >= 0.3 is 0 Å². The Hall–Kier alpha value is -0.0200. The van der Waals surface area contributed by atoms with Gasteiger partial charge in [-0.3, -0.25) is 0 Å². The topological polar surface area (TPSA) is 26.0 Å². The SMILES string of the molecule is CCc1sc(Br)c(N)c1C. The molecule has 0 aliphatic carbocycles. The Morgan fingerprint density at radius 3 is 2.40 bits per heavy atom. The Morgan fingerprint density at radius 2 is 2.20 bits per heavy atom. The van der Waals surface area contributed by atoms with Gasteiger partial charge in [-0.25, -0.2) is 0 Å². The summed E-state index contributed by atoms with van der Waals surface area (Å²) in [7, 11) is 0. The van der Waals surface area contributed by atoms with Crippen molar-refractivity contribution >= 4 is 33.0 Å². The quantitative estimate of drug-likeness (QED) is 0.773. The second-order valence-corrected chi connectivity index (χ2v) is 4.61. The number of hydrogen-bond acceptors (Lipinski definition) is 2. The van der Waals surface area contributed by atoms with Crippen LogP contribution >= 0.6 is 27.3 Å². The molecule has 1 aromatic heterocycles. The maximum absolute atomic E-state index is 5.74. The Bertz CT molecular complexity index is 242. The molecule has 3 heteroatoms. The fourth-order valence-corrected chi connectivity index (χ4v) is 2.64. The number of nitrogens with two attached hydrogens (primary N) is 1. The van der Waals surface area contributed by atoms with Crippen LogP contribution in [0.1, 0.15) is 17.4 Å². The number of aryl methyl sites for hydroxylation is 1. The summed E-state index contributed by atoms with van der Waals surface area (Å²) in [6.07, 6.45) is 1.08. The van der Waals surface area contributed by atoms with E-state index in [1.165, 1.54) is 10.4 Å². The van der Waals surface area contributed by atoms with Crippen LogP contribution in [0.4, 0.5) is 5.69 Å². The van der Waals surface area contributed by atoms with E-state index in [0.29, 0.717) is 0 Å². The summed E-state index contributed by atoms with van der Waals surface area (Å²) < 4.78 is 1.07. The molecule has 0 saturated carbocycles. The van der Waals surface area contributed by atoms with Gasteiger partial charge in [0.05, 0.1) is 9.47 Å². The zero-order valence-electron chi connectivity index (χ0n) is 6.07. The van der Waals surface area contributed by atoms with Crippen molar-refractivity contribution in [1.29, 1.82) is 0 Å². The lowest BCUT2D eigenvalue weighted by atomic mass is 10.2. The molecule has 0 atom stereocenters. The molecule has 0 aliphatic rings. The summed E-state index contributed by atoms with van der Waals surface area (Å²) in [6.45, 7) is 4.21. The van der Waals surface area contributed by atoms with Gasteiger partial charge in [-0.1, -0.05) is 6.92 Å². The Kier molecular flexibility index (Phi) is 2.36. The zero-order valence-corrected chi connectivity index (χ0v) is 8.47. The first-order valence-electron chi connectivity index (χ1n) is 3.20. The monoisotopic (exact) mass is 219 g/mol. The van der Waals surface area contributed by atoms with Crippen LogP contribution in [0.25, 0.3) is 0 Å². The number of nitrogen functional groups attached to an aromatic ring is 1. The van der Waals surface area contributed by atoms with Crippen LogP contribution < -0.4 is 5.73 Å². The van der Waals surface area contributed by atoms with E-state index in [9.17, 15) is 0 Å². The van der Waals surface area contributed by atoms with E-state index in [0.717, 1.165) is 15.9 Å². The molecule has 0 fully saturated rings. The molecule has 10 heavy (non-hydrogen) atoms. The molecule has 0 bridgehead atoms. The highest BCUT2D eigenvalue weighted by molar-refractivity contribution is 9.11. The minimum absolute atomic E-state index is 0.904. The molecule has 2 N–H and O–H groups in total. The molecule has 1 heterocycles. The van der Waals surface area contributed by atoms with Crippen LogP contribution in [0, 0.1) is 6.92 Å². The molecule has 1 rings (SSSR count). The van der Waals surface area contributed by atoms with Gasteiger partial charge in [-0.15, -0.1) is 11.3 Å². The van der Waals surface area contributed by atoms with Crippen molar-refractivity contribution in [3.05, 3.63) is 14.2 Å². The Balaban J connectivity index is 3.17. The minimum atomic E-state index is 0.904. The average molecular weight is 220 g/mol. The smallest absolute Gasteiger partial charge is 0.0933 e. The van der Waals surface area contributed by atoms with E-state index < -0.39 is 0 Å². The predicted octanol–water partition coefficient (Wildman–Crippen LogP) is 2.96. The van der Waals surface area contributed by atoms with E-state index in [1.54, 1.807) is 11.3 Å². The van der Waals surface area contributed by atoms with Gasteiger partial charge in [0.25, 0.3) is 0 Å². The van der Waals surface area contributed by atoms with Crippen molar-refractivity contribution in [2.75, 3.05) is 5.73 Å². The summed E-state index contributed by atoms with van der Waals surface area (Å²) >= 11 is 5.13. The highest BCUT2D eigenvalue weighted by atomic mass is 79.9. The molecule has 0 aromatic carbocycles. The van der Waals surface area contributed by atoms with Crippen molar-refractivity contribution in [2.45, 2.75) is 20.3 Å². The second kappa shape index (κ2) is 2.93. The lowest BCUT2D eigenvalue weighted by Crippen LogP contribution is -1.86. The molecule has 0 saturated heterocycles. The lowest BCUT2D eigenvalue weighted by Gasteiger charge is -1.91. The van der Waals surface area contributed by atoms with E-state index in [4.69, 9.17) is 5.73 Å². The van der Waals surface area contributed by atoms with Gasteiger partial charge in [0.15, 0.2) is 0 Å². The molecular weight excluding hydrogens is 210 g/mol. The summed E-state index contributed by atoms with van der Waals surface area (Å²) in [6, 6.07) is 0. The van der Waals surface area contributed by atoms with Crippen LogP contribution in [0.3, 0.4) is 0 Å². The fraction of sp³-hybridized carbons (Fsp3) is 0.429. The van der Waals surface area contributed by atoms with Crippen LogP contribution in [0.2, 0.25) is 0 Å². The number of hydrogen-bond donors (Lipinski definition) is 1. The van der Waals surface area contributed by atoms with Crippen molar-refractivity contribution in [1.82, 2.24) is 0 Å². The number of anilines is 1. The molecule has 0 aliphatic heterocycles. The molecular formula is C7H10BrNS. The van der Waals surface area contributed by atoms with Gasteiger partial charge in [-0.2, -0.15) is 0 Å². The van der Waals surface area contributed by atoms with Crippen LogP contribution in [0.15, 0.2) is 3.79 Å². The third-order valence-electron chi connectivity index (χ3n) is 1.57. The third-order valence-corrected chi connectivity index (χ3v) is 3.72. The van der Waals surface area contributed by atoms with Gasteiger partial charge in [0.1, 0.15) is 0 Å². The third kappa shape index (κ3) is 1.20. The zero-order chi connectivity index (χ0) is 7.72. The van der Waals surface area contributed by atoms with Crippen molar-refractivity contribution in [3.8, 4) is 0 Å². The number of thiophene rings is 1. The van der Waals surface area contributed by atoms with E-state index in [2.05, 4.69) is 29.8 Å². The second-order valence-electron chi connectivity index (χ2n) is 2.19. The van der Waals surface area contributed by atoms with Crippen LogP contribution in [0.5, 0.6) is 0 Å². The number of halogens is 1. The summed E-state index contributed by atoms with van der Waals surface area (Å²) in [5.41, 5.74) is 7.88. The van der Waals surface area contributed by atoms with Gasteiger partial charge < -0.3 is 5.73 Å². The van der Waals surface area contributed by atoms with Crippen LogP contribution in [-0.4, -0.2) is 0 Å². The fourth-order valence-electron chi connectivity index (χ4n) is 0.875. The minimum Gasteiger partial charge on any atom is -0.397 e. The first kappa shape index (κ1) is 8.08. The first-order valence-corrected chi connectivity index (χ1v) is 4.81. The molecule has 56 valence electrons. The van der Waals surface area contributed by atoms with Crippen LogP contribution in [-0.2, 0) is 6.42 Å². The average Bonchev–Trinajstić information content (AvgIpc) is 2.17. The normalized spacial score (nSPS) is 10.3. The first-order chi connectivity index (χ1) is 4.66. The lowest BCUT2D eigenvalue weighted by molar-refractivity contribution is 1.16. The summed E-state index contributed by atoms with van der Waals surface area (Å²) in [5, 5.41) is 0. The Labute approximate surface area is 73.4 Å².